The van der Waals surface area contributed by atoms with Gasteiger partial charge in [0.1, 0.15) is 9.21 Å². The highest BCUT2D eigenvalue weighted by Gasteiger charge is 1.92. The van der Waals surface area contributed by atoms with E-state index < -0.39 is 5.97 Å². The molecule has 0 aromatic carbocycles. The van der Waals surface area contributed by atoms with E-state index in [0.29, 0.717) is 0 Å². The SMILES string of the molecule is COC(=O)C=Cc1ccc(Br)nc1.O=C(O)C=Cc1ccc(Br)nc1. The van der Waals surface area contributed by atoms with Crippen LogP contribution in [0.5, 0.6) is 0 Å². The fraction of sp³-hybridized carbons (Fsp3) is 0.0588. The summed E-state index contributed by atoms with van der Waals surface area (Å²) in [5.74, 6) is -1.33. The number of ether oxygens (including phenoxy) is 1. The Bertz CT molecular complexity index is 757. The Labute approximate surface area is 161 Å². The Hall–Kier alpha value is -2.32. The largest absolute Gasteiger partial charge is 0.478 e. The lowest BCUT2D eigenvalue weighted by Gasteiger charge is -1.92. The van der Waals surface area contributed by atoms with Crippen LogP contribution in [0.2, 0.25) is 0 Å². The fourth-order valence-corrected chi connectivity index (χ4v) is 1.84. The van der Waals surface area contributed by atoms with Crippen molar-refractivity contribution in [2.75, 3.05) is 7.11 Å². The van der Waals surface area contributed by atoms with Gasteiger partial charge in [0.05, 0.1) is 7.11 Å². The van der Waals surface area contributed by atoms with Gasteiger partial charge in [-0.3, -0.25) is 0 Å². The van der Waals surface area contributed by atoms with E-state index in [1.807, 2.05) is 6.07 Å². The van der Waals surface area contributed by atoms with E-state index >= 15 is 0 Å². The van der Waals surface area contributed by atoms with Crippen molar-refractivity contribution in [3.05, 3.63) is 69.1 Å². The van der Waals surface area contributed by atoms with Crippen LogP contribution < -0.4 is 0 Å². The molecule has 0 amide bonds. The van der Waals surface area contributed by atoms with Gasteiger partial charge in [-0.15, -0.1) is 0 Å². The smallest absolute Gasteiger partial charge is 0.330 e. The van der Waals surface area contributed by atoms with Gasteiger partial charge in [-0.25, -0.2) is 19.6 Å². The normalized spacial score (nSPS) is 10.4. The maximum absolute atomic E-state index is 10.7. The Kier molecular flexibility index (Phi) is 9.34. The molecule has 0 fully saturated rings. The molecular formula is C17H14Br2N2O4. The van der Waals surface area contributed by atoms with Crippen LogP contribution in [0.15, 0.2) is 58.0 Å². The first-order valence-corrected chi connectivity index (χ1v) is 8.39. The summed E-state index contributed by atoms with van der Waals surface area (Å²) in [4.78, 5) is 28.8. The molecule has 2 aromatic rings. The quantitative estimate of drug-likeness (QED) is 0.414. The molecule has 0 aliphatic rings. The highest BCUT2D eigenvalue weighted by molar-refractivity contribution is 9.10. The highest BCUT2D eigenvalue weighted by atomic mass is 79.9. The first kappa shape index (κ1) is 20.7. The van der Waals surface area contributed by atoms with Crippen LogP contribution in [0.4, 0.5) is 0 Å². The van der Waals surface area contributed by atoms with Gasteiger partial charge in [0.2, 0.25) is 0 Å². The number of rotatable bonds is 4. The second kappa shape index (κ2) is 11.3. The van der Waals surface area contributed by atoms with E-state index in [0.717, 1.165) is 26.4 Å². The number of aromatic nitrogens is 2. The lowest BCUT2D eigenvalue weighted by molar-refractivity contribution is -0.135. The standard InChI is InChI=1S/C9H8BrNO2.C8H6BrNO2/c1-13-9(12)5-3-7-2-4-8(10)11-6-7;9-7-3-1-6(5-10-7)2-4-8(11)12/h2-6H,1H3;1-5H,(H,11,12). The van der Waals surface area contributed by atoms with Gasteiger partial charge in [0.25, 0.3) is 0 Å². The van der Waals surface area contributed by atoms with E-state index in [1.54, 1.807) is 36.7 Å². The molecule has 0 spiro atoms. The second-order valence-corrected chi connectivity index (χ2v) is 5.98. The fourth-order valence-electron chi connectivity index (χ4n) is 1.37. The van der Waals surface area contributed by atoms with Gasteiger partial charge in [-0.2, -0.15) is 0 Å². The number of carbonyl (C=O) groups excluding carboxylic acids is 1. The van der Waals surface area contributed by atoms with E-state index in [-0.39, 0.29) is 5.97 Å². The number of nitrogens with zero attached hydrogens (tertiary/aromatic N) is 2. The Morgan fingerprint density at radius 3 is 1.80 bits per heavy atom. The third kappa shape index (κ3) is 9.53. The molecule has 25 heavy (non-hydrogen) atoms. The van der Waals surface area contributed by atoms with Crippen molar-refractivity contribution in [3.8, 4) is 0 Å². The summed E-state index contributed by atoms with van der Waals surface area (Å²) < 4.78 is 5.94. The maximum atomic E-state index is 10.7. The van der Waals surface area contributed by atoms with Crippen molar-refractivity contribution in [2.45, 2.75) is 0 Å². The lowest BCUT2D eigenvalue weighted by Crippen LogP contribution is -1.93. The number of halogens is 2. The minimum Gasteiger partial charge on any atom is -0.478 e. The summed E-state index contributed by atoms with van der Waals surface area (Å²) >= 11 is 6.39. The lowest BCUT2D eigenvalue weighted by atomic mass is 10.2. The molecule has 0 aliphatic carbocycles. The van der Waals surface area contributed by atoms with Crippen LogP contribution >= 0.6 is 31.9 Å². The number of carboxylic acids is 1. The minimum absolute atomic E-state index is 0.372. The Balaban J connectivity index is 0.000000251. The average Bonchev–Trinajstić information content (AvgIpc) is 2.61. The van der Waals surface area contributed by atoms with Crippen LogP contribution in [0.1, 0.15) is 11.1 Å². The van der Waals surface area contributed by atoms with E-state index in [2.05, 4.69) is 46.6 Å². The summed E-state index contributed by atoms with van der Waals surface area (Å²) in [6.45, 7) is 0. The number of esters is 1. The van der Waals surface area contributed by atoms with Crippen molar-refractivity contribution in [1.29, 1.82) is 0 Å². The predicted octanol–water partition coefficient (Wildman–Crippen LogP) is 3.97. The molecule has 1 N–H and O–H groups in total. The number of pyridine rings is 2. The number of methoxy groups -OCH3 is 1. The number of carbonyl (C=O) groups is 2. The molecule has 2 heterocycles. The zero-order valence-electron chi connectivity index (χ0n) is 13.1. The minimum atomic E-state index is -0.960. The molecule has 0 saturated heterocycles. The van der Waals surface area contributed by atoms with Crippen molar-refractivity contribution in [1.82, 2.24) is 9.97 Å². The number of hydrogen-bond donors (Lipinski definition) is 1. The summed E-state index contributed by atoms with van der Waals surface area (Å²) in [5.41, 5.74) is 1.62. The third-order valence-corrected chi connectivity index (χ3v) is 3.47. The first-order valence-electron chi connectivity index (χ1n) is 6.81. The average molecular weight is 470 g/mol. The van der Waals surface area contributed by atoms with Gasteiger partial charge in [0.15, 0.2) is 0 Å². The molecular weight excluding hydrogens is 456 g/mol. The van der Waals surface area contributed by atoms with Gasteiger partial charge in [0, 0.05) is 24.5 Å². The maximum Gasteiger partial charge on any atom is 0.330 e. The second-order valence-electron chi connectivity index (χ2n) is 4.36. The topological polar surface area (TPSA) is 89.4 Å². The monoisotopic (exact) mass is 468 g/mol. The van der Waals surface area contributed by atoms with E-state index in [4.69, 9.17) is 5.11 Å². The van der Waals surface area contributed by atoms with E-state index in [1.165, 1.54) is 19.3 Å². The molecule has 0 radical (unpaired) electrons. The molecule has 0 unspecified atom stereocenters. The van der Waals surface area contributed by atoms with E-state index in [9.17, 15) is 9.59 Å². The van der Waals surface area contributed by atoms with Gasteiger partial charge in [-0.05, 0) is 67.3 Å². The van der Waals surface area contributed by atoms with Crippen LogP contribution in [0, 0.1) is 0 Å². The summed E-state index contributed by atoms with van der Waals surface area (Å²) in [6.07, 6.45) is 8.80. The molecule has 0 bridgehead atoms. The van der Waals surface area contributed by atoms with Crippen LogP contribution in [0.25, 0.3) is 12.2 Å². The molecule has 130 valence electrons. The first-order chi connectivity index (χ1) is 11.9. The Morgan fingerprint density at radius 1 is 0.960 bits per heavy atom. The van der Waals surface area contributed by atoms with Crippen LogP contribution in [-0.4, -0.2) is 34.1 Å². The van der Waals surface area contributed by atoms with Gasteiger partial charge in [-0.1, -0.05) is 12.1 Å². The van der Waals surface area contributed by atoms with Crippen molar-refractivity contribution in [2.24, 2.45) is 0 Å². The van der Waals surface area contributed by atoms with Crippen LogP contribution in [0.3, 0.4) is 0 Å². The highest BCUT2D eigenvalue weighted by Crippen LogP contribution is 2.08. The predicted molar refractivity (Wildman–Crippen MR) is 102 cm³/mol. The number of carboxylic acid groups (broad SMARTS) is 1. The molecule has 0 saturated carbocycles. The Morgan fingerprint density at radius 2 is 1.44 bits per heavy atom. The van der Waals surface area contributed by atoms with Crippen molar-refractivity contribution < 1.29 is 19.4 Å². The summed E-state index contributed by atoms with van der Waals surface area (Å²) in [7, 11) is 1.34. The molecule has 0 aliphatic heterocycles. The zero-order chi connectivity index (χ0) is 18.7. The zero-order valence-corrected chi connectivity index (χ0v) is 16.3. The molecule has 2 aromatic heterocycles. The third-order valence-electron chi connectivity index (χ3n) is 2.53. The number of hydrogen-bond acceptors (Lipinski definition) is 5. The van der Waals surface area contributed by atoms with Crippen molar-refractivity contribution >= 4 is 56.0 Å². The number of aliphatic carboxylic acids is 1. The van der Waals surface area contributed by atoms with Crippen LogP contribution in [-0.2, 0) is 14.3 Å². The summed E-state index contributed by atoms with van der Waals surface area (Å²) in [5, 5.41) is 8.31. The molecule has 0 atom stereocenters. The molecule has 8 heteroatoms. The van der Waals surface area contributed by atoms with Crippen molar-refractivity contribution in [3.63, 3.8) is 0 Å². The molecule has 2 rings (SSSR count). The molecule has 6 nitrogen and oxygen atoms in total. The summed E-state index contributed by atoms with van der Waals surface area (Å²) in [6, 6.07) is 7.17. The van der Waals surface area contributed by atoms with Gasteiger partial charge < -0.3 is 9.84 Å². The van der Waals surface area contributed by atoms with Gasteiger partial charge >= 0.3 is 11.9 Å².